The van der Waals surface area contributed by atoms with E-state index in [0.717, 1.165) is 17.8 Å². The van der Waals surface area contributed by atoms with E-state index in [0.29, 0.717) is 0 Å². The Morgan fingerprint density at radius 2 is 1.70 bits per heavy atom. The number of allylic oxidation sites excluding steroid dienone is 2. The number of rotatable bonds is 7. The molecule has 1 nitrogen and oxygen atoms in total. The highest BCUT2D eigenvalue weighted by Crippen LogP contribution is 2.45. The fourth-order valence-corrected chi connectivity index (χ4v) is 4.15. The largest absolute Gasteiger partial charge is 0.354 e. The molecule has 1 aromatic rings. The molecule has 1 saturated carbocycles. The summed E-state index contributed by atoms with van der Waals surface area (Å²) in [5.41, 5.74) is 2.85. The summed E-state index contributed by atoms with van der Waals surface area (Å²) in [7, 11) is 0. The quantitative estimate of drug-likeness (QED) is 0.470. The number of unbranched alkanes of at least 4 members (excludes halogenated alkanes) is 3. The summed E-state index contributed by atoms with van der Waals surface area (Å²) in [6.45, 7) is 5.61. The summed E-state index contributed by atoms with van der Waals surface area (Å²) in [6, 6.07) is 0. The molecule has 0 radical (unpaired) electrons. The number of hydrogen-bond acceptors (Lipinski definition) is 0. The van der Waals surface area contributed by atoms with E-state index in [1.165, 1.54) is 62.6 Å². The second-order valence-corrected chi connectivity index (χ2v) is 7.11. The highest BCUT2D eigenvalue weighted by atomic mass is 14.9. The van der Waals surface area contributed by atoms with Gasteiger partial charge in [-0.05, 0) is 68.4 Å². The van der Waals surface area contributed by atoms with Crippen LogP contribution in [0.1, 0.15) is 56.1 Å². The maximum atomic E-state index is 2.50. The highest BCUT2D eigenvalue weighted by molar-refractivity contribution is 5.20. The Hall–Kier alpha value is -0.980. The molecule has 2 aliphatic carbocycles. The van der Waals surface area contributed by atoms with Crippen molar-refractivity contribution in [2.24, 2.45) is 17.8 Å². The molecule has 0 spiro atoms. The van der Waals surface area contributed by atoms with Crippen LogP contribution in [0.5, 0.6) is 0 Å². The van der Waals surface area contributed by atoms with Crippen LogP contribution in [0.4, 0.5) is 0 Å². The molecule has 1 aromatic heterocycles. The maximum absolute atomic E-state index is 2.50. The molecule has 110 valence electrons. The summed E-state index contributed by atoms with van der Waals surface area (Å²) in [5, 5.41) is 0. The first-order valence-corrected chi connectivity index (χ1v) is 8.53. The van der Waals surface area contributed by atoms with E-state index < -0.39 is 0 Å². The van der Waals surface area contributed by atoms with Crippen LogP contribution in [-0.2, 0) is 6.54 Å². The zero-order valence-electron chi connectivity index (χ0n) is 13.1. The number of nitrogens with zero attached hydrogens (tertiary/aromatic N) is 1. The van der Waals surface area contributed by atoms with Gasteiger partial charge in [0.1, 0.15) is 0 Å². The first kappa shape index (κ1) is 14.0. The van der Waals surface area contributed by atoms with Gasteiger partial charge >= 0.3 is 0 Å². The number of hydrogen-bond donors (Lipinski definition) is 0. The zero-order chi connectivity index (χ0) is 13.9. The summed E-state index contributed by atoms with van der Waals surface area (Å²) in [4.78, 5) is 0. The second kappa shape index (κ2) is 6.20. The number of aromatic nitrogens is 1. The maximum Gasteiger partial charge on any atom is 0.0219 e. The van der Waals surface area contributed by atoms with Crippen LogP contribution in [0, 0.1) is 31.6 Å². The Labute approximate surface area is 124 Å². The van der Waals surface area contributed by atoms with Gasteiger partial charge in [0.05, 0.1) is 0 Å². The summed E-state index contributed by atoms with van der Waals surface area (Å²) in [5.74, 6) is 2.93. The molecular formula is C19H29N. The van der Waals surface area contributed by atoms with Gasteiger partial charge in [0.25, 0.3) is 0 Å². The lowest BCUT2D eigenvalue weighted by Gasteiger charge is -2.17. The summed E-state index contributed by atoms with van der Waals surface area (Å²) < 4.78 is 2.37. The fraction of sp³-hybridized carbons (Fsp3) is 0.684. The normalized spacial score (nSPS) is 27.6. The van der Waals surface area contributed by atoms with E-state index in [1.54, 1.807) is 0 Å². The molecule has 0 aromatic carbocycles. The van der Waals surface area contributed by atoms with Gasteiger partial charge in [-0.1, -0.05) is 31.4 Å². The molecule has 20 heavy (non-hydrogen) atoms. The zero-order valence-corrected chi connectivity index (χ0v) is 13.1. The highest BCUT2D eigenvalue weighted by Gasteiger charge is 2.34. The Kier molecular flexibility index (Phi) is 4.33. The Morgan fingerprint density at radius 1 is 0.950 bits per heavy atom. The van der Waals surface area contributed by atoms with Crippen molar-refractivity contribution < 1.29 is 0 Å². The molecule has 3 atom stereocenters. The van der Waals surface area contributed by atoms with Crippen LogP contribution < -0.4 is 0 Å². The van der Waals surface area contributed by atoms with E-state index >= 15 is 0 Å². The van der Waals surface area contributed by atoms with Crippen molar-refractivity contribution in [3.8, 4) is 0 Å². The van der Waals surface area contributed by atoms with Crippen molar-refractivity contribution in [1.82, 2.24) is 4.57 Å². The van der Waals surface area contributed by atoms with E-state index in [4.69, 9.17) is 0 Å². The third kappa shape index (κ3) is 3.19. The summed E-state index contributed by atoms with van der Waals surface area (Å²) >= 11 is 0. The molecule has 1 fully saturated rings. The van der Waals surface area contributed by atoms with Crippen LogP contribution in [0.25, 0.3) is 0 Å². The minimum atomic E-state index is 0.949. The molecule has 3 rings (SSSR count). The predicted molar refractivity (Wildman–Crippen MR) is 85.8 cm³/mol. The van der Waals surface area contributed by atoms with Gasteiger partial charge in [-0.3, -0.25) is 0 Å². The SMILES string of the molecule is Cc1cn(CCCCCCC2CC3C=CC2C3)cc1C. The molecule has 1 heteroatoms. The van der Waals surface area contributed by atoms with Crippen LogP contribution in [0.3, 0.4) is 0 Å². The topological polar surface area (TPSA) is 4.93 Å². The first-order chi connectivity index (χ1) is 9.72. The van der Waals surface area contributed by atoms with Gasteiger partial charge in [0.2, 0.25) is 0 Å². The molecule has 2 aliphatic rings. The number of fused-ring (bicyclic) bond motifs is 2. The first-order valence-electron chi connectivity index (χ1n) is 8.53. The van der Waals surface area contributed by atoms with Crippen LogP contribution >= 0.6 is 0 Å². The van der Waals surface area contributed by atoms with Crippen molar-refractivity contribution in [3.05, 3.63) is 35.7 Å². The summed E-state index contributed by atoms with van der Waals surface area (Å²) in [6.07, 6.45) is 19.6. The van der Waals surface area contributed by atoms with Crippen LogP contribution in [-0.4, -0.2) is 4.57 Å². The van der Waals surface area contributed by atoms with Gasteiger partial charge in [-0.25, -0.2) is 0 Å². The van der Waals surface area contributed by atoms with Gasteiger partial charge < -0.3 is 4.57 Å². The van der Waals surface area contributed by atoms with Gasteiger partial charge in [-0.15, -0.1) is 0 Å². The standard InChI is InChI=1S/C19H29N/c1-15-13-20(14-16(15)2)10-6-4-3-5-7-18-11-17-8-9-19(18)12-17/h8-9,13-14,17-19H,3-7,10-12H2,1-2H3. The third-order valence-corrected chi connectivity index (χ3v) is 5.50. The van der Waals surface area contributed by atoms with Gasteiger partial charge in [0, 0.05) is 18.9 Å². The van der Waals surface area contributed by atoms with E-state index in [-0.39, 0.29) is 0 Å². The molecular weight excluding hydrogens is 242 g/mol. The van der Waals surface area contributed by atoms with Crippen LogP contribution in [0.15, 0.2) is 24.5 Å². The molecule has 0 amide bonds. The Bertz CT molecular complexity index is 449. The smallest absolute Gasteiger partial charge is 0.0219 e. The van der Waals surface area contributed by atoms with Gasteiger partial charge in [-0.2, -0.15) is 0 Å². The lowest BCUT2D eigenvalue weighted by molar-refractivity contribution is 0.393. The predicted octanol–water partition coefficient (Wildman–Crippen LogP) is 5.27. The third-order valence-electron chi connectivity index (χ3n) is 5.50. The molecule has 2 bridgehead atoms. The molecule has 0 aliphatic heterocycles. The Morgan fingerprint density at radius 3 is 2.35 bits per heavy atom. The van der Waals surface area contributed by atoms with Crippen molar-refractivity contribution >= 4 is 0 Å². The molecule has 0 saturated heterocycles. The lowest BCUT2D eigenvalue weighted by atomic mass is 9.88. The molecule has 0 N–H and O–H groups in total. The van der Waals surface area contributed by atoms with E-state index in [1.807, 2.05) is 0 Å². The lowest BCUT2D eigenvalue weighted by Crippen LogP contribution is -2.06. The minimum absolute atomic E-state index is 0.949. The van der Waals surface area contributed by atoms with E-state index in [2.05, 4.69) is 43.0 Å². The van der Waals surface area contributed by atoms with Crippen molar-refractivity contribution in [1.29, 1.82) is 0 Å². The van der Waals surface area contributed by atoms with E-state index in [9.17, 15) is 0 Å². The van der Waals surface area contributed by atoms with Crippen molar-refractivity contribution in [3.63, 3.8) is 0 Å². The van der Waals surface area contributed by atoms with Crippen molar-refractivity contribution in [2.45, 2.75) is 65.3 Å². The van der Waals surface area contributed by atoms with Crippen molar-refractivity contribution in [2.75, 3.05) is 0 Å². The minimum Gasteiger partial charge on any atom is -0.354 e. The molecule has 1 heterocycles. The van der Waals surface area contributed by atoms with Gasteiger partial charge in [0.15, 0.2) is 0 Å². The average molecular weight is 271 g/mol. The average Bonchev–Trinajstić information content (AvgIpc) is 3.11. The monoisotopic (exact) mass is 271 g/mol. The second-order valence-electron chi connectivity index (χ2n) is 7.11. The fourth-order valence-electron chi connectivity index (χ4n) is 4.15. The Balaban J connectivity index is 1.26. The molecule has 3 unspecified atom stereocenters. The number of aryl methyl sites for hydroxylation is 3. The van der Waals surface area contributed by atoms with Crippen LogP contribution in [0.2, 0.25) is 0 Å².